The summed E-state index contributed by atoms with van der Waals surface area (Å²) in [7, 11) is 0. The summed E-state index contributed by atoms with van der Waals surface area (Å²) in [4.78, 5) is 4.65. The lowest BCUT2D eigenvalue weighted by molar-refractivity contribution is 0.140. The standard InChI is InChI=1S/C13H24N2OS/c1-5-16-7-6-10(14)8-12-15-11(9-17-12)13(2,3)4/h9-10H,5-8,14H2,1-4H3. The summed E-state index contributed by atoms with van der Waals surface area (Å²) < 4.78 is 5.30. The Morgan fingerprint density at radius 1 is 1.47 bits per heavy atom. The highest BCUT2D eigenvalue weighted by molar-refractivity contribution is 7.09. The van der Waals surface area contributed by atoms with E-state index in [1.807, 2.05) is 6.92 Å². The molecule has 0 bridgehead atoms. The molecule has 0 saturated heterocycles. The van der Waals surface area contributed by atoms with Gasteiger partial charge in [-0.05, 0) is 13.3 Å². The Morgan fingerprint density at radius 3 is 2.71 bits per heavy atom. The summed E-state index contributed by atoms with van der Waals surface area (Å²) >= 11 is 1.71. The minimum atomic E-state index is 0.129. The quantitative estimate of drug-likeness (QED) is 0.796. The highest BCUT2D eigenvalue weighted by atomic mass is 32.1. The van der Waals surface area contributed by atoms with Crippen LogP contribution in [0, 0.1) is 0 Å². The smallest absolute Gasteiger partial charge is 0.0943 e. The van der Waals surface area contributed by atoms with Crippen molar-refractivity contribution >= 4 is 11.3 Å². The van der Waals surface area contributed by atoms with Gasteiger partial charge in [0.25, 0.3) is 0 Å². The van der Waals surface area contributed by atoms with Crippen LogP contribution in [0.4, 0.5) is 0 Å². The zero-order valence-electron chi connectivity index (χ0n) is 11.3. The molecule has 1 atom stereocenters. The first-order chi connectivity index (χ1) is 7.93. The molecule has 1 aromatic rings. The molecule has 0 amide bonds. The first-order valence-corrected chi connectivity index (χ1v) is 7.09. The lowest BCUT2D eigenvalue weighted by Gasteiger charge is -2.14. The van der Waals surface area contributed by atoms with Crippen molar-refractivity contribution in [2.75, 3.05) is 13.2 Å². The summed E-state index contributed by atoms with van der Waals surface area (Å²) in [5.41, 5.74) is 7.34. The summed E-state index contributed by atoms with van der Waals surface area (Å²) in [6, 6.07) is 0.153. The predicted octanol–water partition coefficient (Wildman–Crippen LogP) is 2.74. The Morgan fingerprint density at radius 2 is 2.18 bits per heavy atom. The highest BCUT2D eigenvalue weighted by Crippen LogP contribution is 2.24. The van der Waals surface area contributed by atoms with E-state index in [1.54, 1.807) is 11.3 Å². The van der Waals surface area contributed by atoms with Crippen molar-refractivity contribution in [3.63, 3.8) is 0 Å². The number of nitrogens with zero attached hydrogens (tertiary/aromatic N) is 1. The zero-order chi connectivity index (χ0) is 12.9. The van der Waals surface area contributed by atoms with Gasteiger partial charge in [0.15, 0.2) is 0 Å². The van der Waals surface area contributed by atoms with Gasteiger partial charge < -0.3 is 10.5 Å². The molecule has 0 aromatic carbocycles. The van der Waals surface area contributed by atoms with Crippen LogP contribution >= 0.6 is 11.3 Å². The second-order valence-electron chi connectivity index (χ2n) is 5.33. The average Bonchev–Trinajstić information content (AvgIpc) is 2.66. The molecule has 1 aromatic heterocycles. The summed E-state index contributed by atoms with van der Waals surface area (Å²) in [6.07, 6.45) is 1.76. The zero-order valence-corrected chi connectivity index (χ0v) is 12.1. The minimum absolute atomic E-state index is 0.129. The van der Waals surface area contributed by atoms with Crippen LogP contribution in [0.25, 0.3) is 0 Å². The minimum Gasteiger partial charge on any atom is -0.382 e. The molecule has 1 heterocycles. The van der Waals surface area contributed by atoms with Gasteiger partial charge in [-0.3, -0.25) is 0 Å². The maximum Gasteiger partial charge on any atom is 0.0943 e. The van der Waals surface area contributed by atoms with Gasteiger partial charge >= 0.3 is 0 Å². The van der Waals surface area contributed by atoms with Crippen molar-refractivity contribution in [1.29, 1.82) is 0 Å². The van der Waals surface area contributed by atoms with Crippen LogP contribution in [0.1, 0.15) is 44.8 Å². The predicted molar refractivity (Wildman–Crippen MR) is 73.6 cm³/mol. The molecule has 0 aliphatic rings. The van der Waals surface area contributed by atoms with Crippen LogP contribution in [-0.4, -0.2) is 24.2 Å². The third-order valence-electron chi connectivity index (χ3n) is 2.59. The number of nitrogens with two attached hydrogens (primary N) is 1. The van der Waals surface area contributed by atoms with E-state index in [2.05, 4.69) is 31.1 Å². The summed E-state index contributed by atoms with van der Waals surface area (Å²) in [5, 5.41) is 3.28. The molecule has 0 fully saturated rings. The van der Waals surface area contributed by atoms with Crippen molar-refractivity contribution < 1.29 is 4.74 Å². The number of thiazole rings is 1. The molecule has 0 saturated carbocycles. The van der Waals surface area contributed by atoms with Crippen molar-refractivity contribution in [1.82, 2.24) is 4.98 Å². The van der Waals surface area contributed by atoms with Crippen LogP contribution < -0.4 is 5.73 Å². The lowest BCUT2D eigenvalue weighted by Crippen LogP contribution is -2.24. The van der Waals surface area contributed by atoms with E-state index in [1.165, 1.54) is 0 Å². The molecule has 1 unspecified atom stereocenters. The summed E-state index contributed by atoms with van der Waals surface area (Å²) in [6.45, 7) is 10.1. The van der Waals surface area contributed by atoms with Gasteiger partial charge in [-0.15, -0.1) is 11.3 Å². The van der Waals surface area contributed by atoms with E-state index in [-0.39, 0.29) is 11.5 Å². The third-order valence-corrected chi connectivity index (χ3v) is 3.47. The molecule has 0 aliphatic heterocycles. The second-order valence-corrected chi connectivity index (χ2v) is 6.27. The fourth-order valence-electron chi connectivity index (χ4n) is 1.45. The maximum atomic E-state index is 6.05. The molecule has 3 nitrogen and oxygen atoms in total. The van der Waals surface area contributed by atoms with Crippen LogP contribution in [0.2, 0.25) is 0 Å². The fourth-order valence-corrected chi connectivity index (χ4v) is 2.57. The Kier molecular flexibility index (Phi) is 5.56. The van der Waals surface area contributed by atoms with Crippen LogP contribution in [-0.2, 0) is 16.6 Å². The number of hydrogen-bond acceptors (Lipinski definition) is 4. The Hall–Kier alpha value is -0.450. The van der Waals surface area contributed by atoms with E-state index < -0.39 is 0 Å². The van der Waals surface area contributed by atoms with Crippen molar-refractivity contribution in [3.8, 4) is 0 Å². The van der Waals surface area contributed by atoms with E-state index in [9.17, 15) is 0 Å². The summed E-state index contributed by atoms with van der Waals surface area (Å²) in [5.74, 6) is 0. The second kappa shape index (κ2) is 6.47. The van der Waals surface area contributed by atoms with Gasteiger partial charge in [0.1, 0.15) is 0 Å². The first kappa shape index (κ1) is 14.6. The van der Waals surface area contributed by atoms with Crippen LogP contribution in [0.5, 0.6) is 0 Å². The number of hydrogen-bond donors (Lipinski definition) is 1. The molecule has 0 radical (unpaired) electrons. The molecule has 1 rings (SSSR count). The first-order valence-electron chi connectivity index (χ1n) is 6.21. The number of aromatic nitrogens is 1. The molecule has 0 aliphatic carbocycles. The fraction of sp³-hybridized carbons (Fsp3) is 0.769. The average molecular weight is 256 g/mol. The van der Waals surface area contributed by atoms with E-state index in [0.29, 0.717) is 0 Å². The van der Waals surface area contributed by atoms with Gasteiger partial charge in [0, 0.05) is 36.5 Å². The molecule has 2 N–H and O–H groups in total. The molecule has 17 heavy (non-hydrogen) atoms. The SMILES string of the molecule is CCOCCC(N)Cc1nc(C(C)(C)C)cs1. The molecule has 4 heteroatoms. The Labute approximate surface area is 108 Å². The number of ether oxygens (including phenoxy) is 1. The van der Waals surface area contributed by atoms with Crippen molar-refractivity contribution in [3.05, 3.63) is 16.1 Å². The van der Waals surface area contributed by atoms with Gasteiger partial charge in [-0.2, -0.15) is 0 Å². The normalized spacial score (nSPS) is 13.9. The van der Waals surface area contributed by atoms with Gasteiger partial charge in [-0.25, -0.2) is 4.98 Å². The monoisotopic (exact) mass is 256 g/mol. The third kappa shape index (κ3) is 5.15. The van der Waals surface area contributed by atoms with Gasteiger partial charge in [-0.1, -0.05) is 20.8 Å². The van der Waals surface area contributed by atoms with E-state index >= 15 is 0 Å². The van der Waals surface area contributed by atoms with E-state index in [4.69, 9.17) is 10.5 Å². The van der Waals surface area contributed by atoms with Crippen molar-refractivity contribution in [2.24, 2.45) is 5.73 Å². The van der Waals surface area contributed by atoms with Gasteiger partial charge in [0.2, 0.25) is 0 Å². The van der Waals surface area contributed by atoms with Crippen molar-refractivity contribution in [2.45, 2.75) is 52.0 Å². The highest BCUT2D eigenvalue weighted by Gasteiger charge is 2.18. The molecular weight excluding hydrogens is 232 g/mol. The molecule has 98 valence electrons. The lowest BCUT2D eigenvalue weighted by atomic mass is 9.93. The Bertz CT molecular complexity index is 330. The largest absolute Gasteiger partial charge is 0.382 e. The topological polar surface area (TPSA) is 48.1 Å². The number of rotatable bonds is 6. The molecular formula is C13H24N2OS. The molecule has 0 spiro atoms. The van der Waals surface area contributed by atoms with E-state index in [0.717, 1.165) is 36.8 Å². The maximum absolute atomic E-state index is 6.05. The van der Waals surface area contributed by atoms with Crippen LogP contribution in [0.3, 0.4) is 0 Å². The van der Waals surface area contributed by atoms with Gasteiger partial charge in [0.05, 0.1) is 10.7 Å². The van der Waals surface area contributed by atoms with Crippen LogP contribution in [0.15, 0.2) is 5.38 Å². The Balaban J connectivity index is 2.43.